The Labute approximate surface area is 143 Å². The molecule has 7 nitrogen and oxygen atoms in total. The predicted octanol–water partition coefficient (Wildman–Crippen LogP) is 1.41. The van der Waals surface area contributed by atoms with Crippen LogP contribution < -0.4 is 5.32 Å². The maximum Gasteiger partial charge on any atom is 0.317 e. The fourth-order valence-corrected chi connectivity index (χ4v) is 3.79. The Bertz CT molecular complexity index is 525. The van der Waals surface area contributed by atoms with Crippen LogP contribution >= 0.6 is 0 Å². The van der Waals surface area contributed by atoms with Gasteiger partial charge in [-0.3, -0.25) is 5.10 Å². The van der Waals surface area contributed by atoms with E-state index in [9.17, 15) is 4.79 Å². The summed E-state index contributed by atoms with van der Waals surface area (Å²) < 4.78 is 5.49. The summed E-state index contributed by atoms with van der Waals surface area (Å²) in [6.45, 7) is 3.79. The normalized spacial score (nSPS) is 24.1. The number of urea groups is 1. The third-order valence-corrected chi connectivity index (χ3v) is 5.61. The van der Waals surface area contributed by atoms with E-state index < -0.39 is 0 Å². The maximum atomic E-state index is 12.7. The highest BCUT2D eigenvalue weighted by molar-refractivity contribution is 5.74. The molecule has 134 valence electrons. The van der Waals surface area contributed by atoms with E-state index in [1.165, 1.54) is 0 Å². The minimum absolute atomic E-state index is 0.00642. The van der Waals surface area contributed by atoms with Crippen molar-refractivity contribution in [1.29, 1.82) is 0 Å². The number of nitrogens with zero attached hydrogens (tertiary/aromatic N) is 3. The number of rotatable bonds is 4. The van der Waals surface area contributed by atoms with Gasteiger partial charge in [0.05, 0.1) is 0 Å². The smallest absolute Gasteiger partial charge is 0.317 e. The van der Waals surface area contributed by atoms with Crippen molar-refractivity contribution in [2.45, 2.75) is 37.1 Å². The lowest BCUT2D eigenvalue weighted by Crippen LogP contribution is -2.57. The molecule has 1 aromatic heterocycles. The summed E-state index contributed by atoms with van der Waals surface area (Å²) in [5.74, 6) is 0.359. The van der Waals surface area contributed by atoms with Crippen molar-refractivity contribution >= 4 is 6.03 Å². The molecule has 0 saturated carbocycles. The monoisotopic (exact) mass is 335 g/mol. The molecule has 0 spiro atoms. The zero-order valence-electron chi connectivity index (χ0n) is 14.8. The van der Waals surface area contributed by atoms with E-state index in [4.69, 9.17) is 4.74 Å². The highest BCUT2D eigenvalue weighted by Gasteiger charge is 2.36. The molecule has 2 saturated heterocycles. The van der Waals surface area contributed by atoms with Gasteiger partial charge in [-0.15, -0.1) is 0 Å². The number of carbonyl (C=O) groups excluding carboxylic acids is 1. The van der Waals surface area contributed by atoms with E-state index in [1.54, 1.807) is 6.20 Å². The SMILES string of the molecule is CN(C)C1(CNC(=O)N2CCC[C@@H](c3ccn[nH]3)C2)CCOCC1. The summed E-state index contributed by atoms with van der Waals surface area (Å²) >= 11 is 0. The molecule has 2 N–H and O–H groups in total. The van der Waals surface area contributed by atoms with Crippen LogP contribution in [-0.4, -0.2) is 78.5 Å². The topological polar surface area (TPSA) is 73.5 Å². The van der Waals surface area contributed by atoms with Gasteiger partial charge in [0.2, 0.25) is 0 Å². The van der Waals surface area contributed by atoms with E-state index >= 15 is 0 Å². The molecule has 1 aromatic rings. The lowest BCUT2D eigenvalue weighted by atomic mass is 9.88. The van der Waals surface area contributed by atoms with Gasteiger partial charge in [0.1, 0.15) is 0 Å². The van der Waals surface area contributed by atoms with Gasteiger partial charge in [0.25, 0.3) is 0 Å². The minimum Gasteiger partial charge on any atom is -0.381 e. The molecule has 0 bridgehead atoms. The van der Waals surface area contributed by atoms with Crippen LogP contribution in [0.1, 0.15) is 37.3 Å². The zero-order valence-corrected chi connectivity index (χ0v) is 14.8. The molecule has 2 aliphatic rings. The zero-order chi connectivity index (χ0) is 17.0. The Kier molecular flexibility index (Phi) is 5.40. The first-order chi connectivity index (χ1) is 11.6. The third-order valence-electron chi connectivity index (χ3n) is 5.61. The average Bonchev–Trinajstić information content (AvgIpc) is 3.15. The van der Waals surface area contributed by atoms with Gasteiger partial charge in [-0.2, -0.15) is 5.10 Å². The van der Waals surface area contributed by atoms with Gasteiger partial charge in [-0.25, -0.2) is 4.79 Å². The number of hydrogen-bond donors (Lipinski definition) is 2. The number of hydrogen-bond acceptors (Lipinski definition) is 4. The number of aromatic amines is 1. The molecular weight excluding hydrogens is 306 g/mol. The molecule has 0 aliphatic carbocycles. The number of piperidine rings is 1. The standard InChI is InChI=1S/C17H29N5O2/c1-21(2)17(6-10-24-11-7-17)13-18-16(23)22-9-3-4-14(12-22)15-5-8-19-20-15/h5,8,14H,3-4,6-7,9-13H2,1-2H3,(H,18,23)(H,19,20)/t14-/m1/s1. The van der Waals surface area contributed by atoms with Gasteiger partial charge in [-0.1, -0.05) is 0 Å². The number of likely N-dealkylation sites (N-methyl/N-ethyl adjacent to an activating group) is 1. The van der Waals surface area contributed by atoms with Crippen LogP contribution in [0.15, 0.2) is 12.3 Å². The summed E-state index contributed by atoms with van der Waals surface area (Å²) in [4.78, 5) is 16.8. The molecule has 3 rings (SSSR count). The van der Waals surface area contributed by atoms with Crippen LogP contribution in [0.25, 0.3) is 0 Å². The summed E-state index contributed by atoms with van der Waals surface area (Å²) in [5.41, 5.74) is 1.13. The fourth-order valence-electron chi connectivity index (χ4n) is 3.79. The van der Waals surface area contributed by atoms with Crippen LogP contribution in [0.4, 0.5) is 4.79 Å². The average molecular weight is 335 g/mol. The highest BCUT2D eigenvalue weighted by Crippen LogP contribution is 2.27. The molecule has 0 unspecified atom stereocenters. The molecule has 0 radical (unpaired) electrons. The second-order valence-electron chi connectivity index (χ2n) is 7.19. The molecule has 0 aromatic carbocycles. The van der Waals surface area contributed by atoms with E-state index in [0.29, 0.717) is 12.5 Å². The molecule has 3 heterocycles. The first-order valence-electron chi connectivity index (χ1n) is 8.88. The molecule has 2 amide bonds. The second kappa shape index (κ2) is 7.53. The first kappa shape index (κ1) is 17.2. The lowest BCUT2D eigenvalue weighted by Gasteiger charge is -2.43. The van der Waals surface area contributed by atoms with Gasteiger partial charge in [-0.05, 0) is 45.8 Å². The number of likely N-dealkylation sites (tertiary alicyclic amines) is 1. The van der Waals surface area contributed by atoms with E-state index in [-0.39, 0.29) is 11.6 Å². The van der Waals surface area contributed by atoms with E-state index in [1.807, 2.05) is 11.0 Å². The van der Waals surface area contributed by atoms with Crippen LogP contribution in [0.2, 0.25) is 0 Å². The largest absolute Gasteiger partial charge is 0.381 e. The van der Waals surface area contributed by atoms with Gasteiger partial charge >= 0.3 is 6.03 Å². The van der Waals surface area contributed by atoms with Crippen molar-refractivity contribution in [3.05, 3.63) is 18.0 Å². The van der Waals surface area contributed by atoms with Crippen LogP contribution in [0.3, 0.4) is 0 Å². The quantitative estimate of drug-likeness (QED) is 0.872. The summed E-state index contributed by atoms with van der Waals surface area (Å²) in [5, 5.41) is 10.2. The van der Waals surface area contributed by atoms with Crippen molar-refractivity contribution in [2.24, 2.45) is 0 Å². The fraction of sp³-hybridized carbons (Fsp3) is 0.765. The van der Waals surface area contributed by atoms with Crippen molar-refractivity contribution in [1.82, 2.24) is 25.3 Å². The molecule has 24 heavy (non-hydrogen) atoms. The highest BCUT2D eigenvalue weighted by atomic mass is 16.5. The number of aromatic nitrogens is 2. The Morgan fingerprint density at radius 1 is 1.50 bits per heavy atom. The molecule has 7 heteroatoms. The van der Waals surface area contributed by atoms with Crippen LogP contribution in [0.5, 0.6) is 0 Å². The Morgan fingerprint density at radius 3 is 2.96 bits per heavy atom. The summed E-state index contributed by atoms with van der Waals surface area (Å²) in [6, 6.07) is 2.06. The van der Waals surface area contributed by atoms with Gasteiger partial charge < -0.3 is 19.9 Å². The van der Waals surface area contributed by atoms with E-state index in [0.717, 1.165) is 57.7 Å². The van der Waals surface area contributed by atoms with Crippen LogP contribution in [-0.2, 0) is 4.74 Å². The third kappa shape index (κ3) is 3.72. The second-order valence-corrected chi connectivity index (χ2v) is 7.19. The summed E-state index contributed by atoms with van der Waals surface area (Å²) in [7, 11) is 4.18. The Hall–Kier alpha value is -1.60. The number of ether oxygens (including phenoxy) is 1. The van der Waals surface area contributed by atoms with Crippen molar-refractivity contribution in [3.63, 3.8) is 0 Å². The van der Waals surface area contributed by atoms with E-state index in [2.05, 4.69) is 34.5 Å². The Balaban J connectivity index is 1.56. The van der Waals surface area contributed by atoms with Gasteiger partial charge in [0.15, 0.2) is 0 Å². The van der Waals surface area contributed by atoms with Crippen molar-refractivity contribution in [2.75, 3.05) is 46.9 Å². The number of H-pyrrole nitrogens is 1. The summed E-state index contributed by atoms with van der Waals surface area (Å²) in [6.07, 6.45) is 5.82. The van der Waals surface area contributed by atoms with Crippen molar-refractivity contribution in [3.8, 4) is 0 Å². The number of amides is 2. The van der Waals surface area contributed by atoms with Crippen LogP contribution in [0, 0.1) is 0 Å². The number of nitrogens with one attached hydrogen (secondary N) is 2. The molecule has 2 fully saturated rings. The predicted molar refractivity (Wildman–Crippen MR) is 92.0 cm³/mol. The van der Waals surface area contributed by atoms with Crippen molar-refractivity contribution < 1.29 is 9.53 Å². The molecular formula is C17H29N5O2. The first-order valence-corrected chi connectivity index (χ1v) is 8.88. The Morgan fingerprint density at radius 2 is 2.29 bits per heavy atom. The minimum atomic E-state index is 0.00642. The molecule has 2 aliphatic heterocycles. The maximum absolute atomic E-state index is 12.7. The molecule has 1 atom stereocenters. The lowest BCUT2D eigenvalue weighted by molar-refractivity contribution is -0.00632. The van der Waals surface area contributed by atoms with Gasteiger partial charge in [0, 0.05) is 56.2 Å². The number of carbonyl (C=O) groups is 1.